The number of methoxy groups -OCH3 is 1. The molecular formula is C22H22ClNO4S. The van der Waals surface area contributed by atoms with Crippen molar-refractivity contribution >= 4 is 28.9 Å². The Balaban J connectivity index is 1.48. The number of hydrogen-bond donors (Lipinski definition) is 0. The number of ether oxygens (including phenoxy) is 3. The van der Waals surface area contributed by atoms with E-state index in [2.05, 4.69) is 24.1 Å². The molecule has 1 aliphatic carbocycles. The third kappa shape index (κ3) is 3.05. The quantitative estimate of drug-likeness (QED) is 0.531. The first-order chi connectivity index (χ1) is 14.0. The lowest BCUT2D eigenvalue weighted by Crippen LogP contribution is -2.43. The van der Waals surface area contributed by atoms with Crippen molar-refractivity contribution in [1.29, 1.82) is 0 Å². The van der Waals surface area contributed by atoms with Crippen LogP contribution < -0.4 is 9.47 Å². The van der Waals surface area contributed by atoms with Crippen LogP contribution in [0.5, 0.6) is 11.5 Å². The number of rotatable bonds is 3. The fourth-order valence-electron chi connectivity index (χ4n) is 4.77. The molecule has 0 bridgehead atoms. The second kappa shape index (κ2) is 7.04. The fourth-order valence-corrected chi connectivity index (χ4v) is 5.70. The first kappa shape index (κ1) is 19.0. The molecule has 5 rings (SSSR count). The van der Waals surface area contributed by atoms with Gasteiger partial charge in [-0.25, -0.2) is 4.79 Å². The summed E-state index contributed by atoms with van der Waals surface area (Å²) in [6.45, 7) is 1.86. The van der Waals surface area contributed by atoms with Gasteiger partial charge in [0.05, 0.1) is 16.9 Å². The van der Waals surface area contributed by atoms with Crippen molar-refractivity contribution < 1.29 is 19.0 Å². The van der Waals surface area contributed by atoms with Gasteiger partial charge < -0.3 is 19.1 Å². The Kier molecular flexibility index (Phi) is 4.61. The standard InChI is InChI=1S/C22H22ClNO4S/c1-24-10-9-22-8-7-14(27-21(25)16-5-6-18(23)29-16)11-17(22)28-20-15(26-2)4-3-13(12-24)19(20)22/h3-8,14,17H,9-12H2,1-2H3/t14?,17-,22-/m0/s1. The van der Waals surface area contributed by atoms with Crippen molar-refractivity contribution in [2.24, 2.45) is 0 Å². The minimum atomic E-state index is -0.345. The Morgan fingerprint density at radius 1 is 1.34 bits per heavy atom. The minimum Gasteiger partial charge on any atom is -0.493 e. The topological polar surface area (TPSA) is 48.0 Å². The van der Waals surface area contributed by atoms with Crippen LogP contribution in [0.2, 0.25) is 4.34 Å². The summed E-state index contributed by atoms with van der Waals surface area (Å²) < 4.78 is 18.4. The molecule has 0 amide bonds. The third-order valence-corrected chi connectivity index (χ3v) is 7.37. The number of carbonyl (C=O) groups excluding carboxylic acids is 1. The van der Waals surface area contributed by atoms with E-state index < -0.39 is 0 Å². The van der Waals surface area contributed by atoms with Crippen LogP contribution in [0.15, 0.2) is 36.4 Å². The predicted molar refractivity (Wildman–Crippen MR) is 112 cm³/mol. The summed E-state index contributed by atoms with van der Waals surface area (Å²) in [6.07, 6.45) is 5.38. The number of hydrogen-bond acceptors (Lipinski definition) is 6. The molecule has 5 nitrogen and oxygen atoms in total. The molecule has 1 unspecified atom stereocenters. The van der Waals surface area contributed by atoms with Gasteiger partial charge in [-0.3, -0.25) is 0 Å². The number of benzene rings is 1. The van der Waals surface area contributed by atoms with Crippen LogP contribution in [0, 0.1) is 0 Å². The number of esters is 1. The zero-order valence-electron chi connectivity index (χ0n) is 16.3. The van der Waals surface area contributed by atoms with E-state index in [-0.39, 0.29) is 23.6 Å². The zero-order chi connectivity index (χ0) is 20.2. The summed E-state index contributed by atoms with van der Waals surface area (Å²) in [5, 5.41) is 0. The molecule has 0 radical (unpaired) electrons. The van der Waals surface area contributed by atoms with E-state index in [0.717, 1.165) is 31.0 Å². The first-order valence-corrected chi connectivity index (χ1v) is 10.9. The van der Waals surface area contributed by atoms with Crippen LogP contribution in [0.3, 0.4) is 0 Å². The summed E-state index contributed by atoms with van der Waals surface area (Å²) in [7, 11) is 3.82. The van der Waals surface area contributed by atoms with E-state index in [4.69, 9.17) is 25.8 Å². The molecule has 0 N–H and O–H groups in total. The lowest BCUT2D eigenvalue weighted by Gasteiger charge is -2.36. The van der Waals surface area contributed by atoms with E-state index in [1.807, 2.05) is 12.1 Å². The Hall–Kier alpha value is -2.02. The lowest BCUT2D eigenvalue weighted by atomic mass is 9.69. The van der Waals surface area contributed by atoms with Crippen molar-refractivity contribution in [2.75, 3.05) is 20.7 Å². The highest BCUT2D eigenvalue weighted by Crippen LogP contribution is 2.55. The van der Waals surface area contributed by atoms with Crippen molar-refractivity contribution in [3.63, 3.8) is 0 Å². The van der Waals surface area contributed by atoms with Crippen LogP contribution in [-0.4, -0.2) is 43.8 Å². The van der Waals surface area contributed by atoms with E-state index >= 15 is 0 Å². The van der Waals surface area contributed by atoms with Crippen LogP contribution in [0.1, 0.15) is 33.6 Å². The molecule has 152 valence electrons. The van der Waals surface area contributed by atoms with Gasteiger partial charge in [-0.15, -0.1) is 11.3 Å². The van der Waals surface area contributed by atoms with Gasteiger partial charge in [-0.2, -0.15) is 0 Å². The van der Waals surface area contributed by atoms with Gasteiger partial charge in [0.15, 0.2) is 11.5 Å². The first-order valence-electron chi connectivity index (χ1n) is 9.71. The summed E-state index contributed by atoms with van der Waals surface area (Å²) >= 11 is 7.18. The van der Waals surface area contributed by atoms with Gasteiger partial charge in [0.1, 0.15) is 17.1 Å². The SMILES string of the molecule is COc1ccc2c3c1O[C@H]1CC(OC(=O)c4ccc(Cl)s4)C=C[C@@]31CCN(C)C2. The molecule has 3 heterocycles. The number of thiophene rings is 1. The largest absolute Gasteiger partial charge is 0.493 e. The Morgan fingerprint density at radius 3 is 2.97 bits per heavy atom. The Labute approximate surface area is 178 Å². The maximum absolute atomic E-state index is 12.5. The molecule has 2 aliphatic heterocycles. The number of halogens is 1. The van der Waals surface area contributed by atoms with Gasteiger partial charge in [0.25, 0.3) is 0 Å². The van der Waals surface area contributed by atoms with Crippen molar-refractivity contribution in [3.8, 4) is 11.5 Å². The summed E-state index contributed by atoms with van der Waals surface area (Å²) in [5.41, 5.74) is 2.30. The molecule has 2 aromatic rings. The second-order valence-corrected chi connectivity index (χ2v) is 9.62. The van der Waals surface area contributed by atoms with Crippen LogP contribution in [0.25, 0.3) is 0 Å². The zero-order valence-corrected chi connectivity index (χ0v) is 17.9. The molecule has 1 aromatic carbocycles. The number of nitrogens with zero attached hydrogens (tertiary/aromatic N) is 1. The predicted octanol–water partition coefficient (Wildman–Crippen LogP) is 4.43. The maximum atomic E-state index is 12.5. The highest BCUT2D eigenvalue weighted by atomic mass is 35.5. The molecular weight excluding hydrogens is 410 g/mol. The molecule has 0 saturated carbocycles. The normalized spacial score (nSPS) is 27.6. The summed E-state index contributed by atoms with van der Waals surface area (Å²) in [6, 6.07) is 7.54. The molecule has 29 heavy (non-hydrogen) atoms. The van der Waals surface area contributed by atoms with Gasteiger partial charge in [-0.1, -0.05) is 23.7 Å². The lowest BCUT2D eigenvalue weighted by molar-refractivity contribution is 0.0223. The van der Waals surface area contributed by atoms with Gasteiger partial charge in [0, 0.05) is 18.5 Å². The van der Waals surface area contributed by atoms with Crippen molar-refractivity contribution in [2.45, 2.75) is 37.0 Å². The van der Waals surface area contributed by atoms with E-state index in [1.54, 1.807) is 19.2 Å². The van der Waals surface area contributed by atoms with Gasteiger partial charge in [0.2, 0.25) is 0 Å². The van der Waals surface area contributed by atoms with Crippen molar-refractivity contribution in [1.82, 2.24) is 4.90 Å². The summed E-state index contributed by atoms with van der Waals surface area (Å²) in [4.78, 5) is 15.3. The average Bonchev–Trinajstić information content (AvgIpc) is 3.24. The Bertz CT molecular complexity index is 1000. The van der Waals surface area contributed by atoms with Crippen LogP contribution in [-0.2, 0) is 16.7 Å². The summed E-state index contributed by atoms with van der Waals surface area (Å²) in [5.74, 6) is 1.26. The minimum absolute atomic E-state index is 0.0891. The molecule has 0 saturated heterocycles. The molecule has 3 aliphatic rings. The second-order valence-electron chi connectivity index (χ2n) is 7.91. The third-order valence-electron chi connectivity index (χ3n) is 6.16. The van der Waals surface area contributed by atoms with E-state index in [1.165, 1.54) is 22.5 Å². The maximum Gasteiger partial charge on any atom is 0.348 e. The fraction of sp³-hybridized carbons (Fsp3) is 0.409. The van der Waals surface area contributed by atoms with Crippen LogP contribution in [0.4, 0.5) is 0 Å². The highest BCUT2D eigenvalue weighted by Gasteiger charge is 2.53. The molecule has 3 atom stereocenters. The molecule has 7 heteroatoms. The molecule has 0 fully saturated rings. The highest BCUT2D eigenvalue weighted by molar-refractivity contribution is 7.17. The molecule has 1 spiro atoms. The van der Waals surface area contributed by atoms with E-state index in [0.29, 0.717) is 15.6 Å². The van der Waals surface area contributed by atoms with Gasteiger partial charge in [-0.05, 0) is 49.9 Å². The monoisotopic (exact) mass is 431 g/mol. The Morgan fingerprint density at radius 2 is 2.21 bits per heavy atom. The van der Waals surface area contributed by atoms with E-state index in [9.17, 15) is 4.79 Å². The van der Waals surface area contributed by atoms with Crippen molar-refractivity contribution in [3.05, 3.63) is 56.8 Å². The average molecular weight is 432 g/mol. The smallest absolute Gasteiger partial charge is 0.348 e. The molecule has 1 aromatic heterocycles. The number of carbonyl (C=O) groups is 1. The van der Waals surface area contributed by atoms with Crippen LogP contribution >= 0.6 is 22.9 Å². The van der Waals surface area contributed by atoms with Gasteiger partial charge >= 0.3 is 5.97 Å².